The Morgan fingerprint density at radius 2 is 2.17 bits per heavy atom. The molecule has 0 bridgehead atoms. The van der Waals surface area contributed by atoms with Crippen molar-refractivity contribution in [3.63, 3.8) is 0 Å². The van der Waals surface area contributed by atoms with Gasteiger partial charge in [-0.15, -0.1) is 0 Å². The van der Waals surface area contributed by atoms with Crippen LogP contribution >= 0.6 is 11.6 Å². The Hall–Kier alpha value is -1.75. The summed E-state index contributed by atoms with van der Waals surface area (Å²) in [5.41, 5.74) is 0.514. The van der Waals surface area contributed by atoms with Crippen LogP contribution in [0.4, 0.5) is 10.5 Å². The largest absolute Gasteiger partial charge is 0.480 e. The van der Waals surface area contributed by atoms with E-state index in [1.807, 2.05) is 6.92 Å². The van der Waals surface area contributed by atoms with E-state index in [0.717, 1.165) is 0 Å². The summed E-state index contributed by atoms with van der Waals surface area (Å²) in [7, 11) is 0. The number of rotatable bonds is 5. The maximum atomic E-state index is 11.6. The highest BCUT2D eigenvalue weighted by Crippen LogP contribution is 2.14. The summed E-state index contributed by atoms with van der Waals surface area (Å²) < 4.78 is 0. The number of anilines is 1. The second kappa shape index (κ2) is 6.86. The lowest BCUT2D eigenvalue weighted by molar-refractivity contribution is -0.139. The standard InChI is InChI=1S/C12H15ClN2O3/c1-2-4-10(11(16)17)15-12(18)14-9-6-3-5-8(13)7-9/h3,5-7,10H,2,4H2,1H3,(H,16,17)(H2,14,15,18). The molecule has 0 saturated heterocycles. The minimum atomic E-state index is -1.04. The number of carbonyl (C=O) groups excluding carboxylic acids is 1. The van der Waals surface area contributed by atoms with E-state index in [1.165, 1.54) is 0 Å². The van der Waals surface area contributed by atoms with Crippen LogP contribution in [0, 0.1) is 0 Å². The van der Waals surface area contributed by atoms with Gasteiger partial charge in [0.1, 0.15) is 6.04 Å². The third-order valence-electron chi connectivity index (χ3n) is 2.26. The molecule has 2 amide bonds. The van der Waals surface area contributed by atoms with Gasteiger partial charge in [0.2, 0.25) is 0 Å². The van der Waals surface area contributed by atoms with Crippen LogP contribution in [0.15, 0.2) is 24.3 Å². The van der Waals surface area contributed by atoms with E-state index in [2.05, 4.69) is 10.6 Å². The van der Waals surface area contributed by atoms with Gasteiger partial charge in [-0.1, -0.05) is 31.0 Å². The highest BCUT2D eigenvalue weighted by molar-refractivity contribution is 6.30. The van der Waals surface area contributed by atoms with E-state index in [9.17, 15) is 9.59 Å². The third kappa shape index (κ3) is 4.63. The van der Waals surface area contributed by atoms with Crippen molar-refractivity contribution < 1.29 is 14.7 Å². The van der Waals surface area contributed by atoms with Crippen molar-refractivity contribution in [1.29, 1.82) is 0 Å². The fourth-order valence-corrected chi connectivity index (χ4v) is 1.63. The van der Waals surface area contributed by atoms with Crippen molar-refractivity contribution in [3.05, 3.63) is 29.3 Å². The van der Waals surface area contributed by atoms with E-state index in [1.54, 1.807) is 24.3 Å². The summed E-state index contributed by atoms with van der Waals surface area (Å²) in [6.07, 6.45) is 1.06. The lowest BCUT2D eigenvalue weighted by Crippen LogP contribution is -2.42. The average molecular weight is 271 g/mol. The molecule has 0 radical (unpaired) electrons. The number of carboxylic acid groups (broad SMARTS) is 1. The number of hydrogen-bond donors (Lipinski definition) is 3. The van der Waals surface area contributed by atoms with Gasteiger partial charge in [-0.2, -0.15) is 0 Å². The van der Waals surface area contributed by atoms with E-state index < -0.39 is 18.0 Å². The number of aliphatic carboxylic acids is 1. The zero-order valence-electron chi connectivity index (χ0n) is 9.94. The van der Waals surface area contributed by atoms with Crippen molar-refractivity contribution in [3.8, 4) is 0 Å². The smallest absolute Gasteiger partial charge is 0.326 e. The number of hydrogen-bond acceptors (Lipinski definition) is 2. The molecule has 5 nitrogen and oxygen atoms in total. The lowest BCUT2D eigenvalue weighted by atomic mass is 10.2. The van der Waals surface area contributed by atoms with Gasteiger partial charge in [0, 0.05) is 10.7 Å². The molecule has 0 saturated carbocycles. The van der Waals surface area contributed by atoms with Crippen LogP contribution in [-0.2, 0) is 4.79 Å². The zero-order chi connectivity index (χ0) is 13.5. The minimum absolute atomic E-state index is 0.387. The van der Waals surface area contributed by atoms with Crippen LogP contribution < -0.4 is 10.6 Å². The molecule has 6 heteroatoms. The van der Waals surface area contributed by atoms with Gasteiger partial charge in [-0.3, -0.25) is 0 Å². The van der Waals surface area contributed by atoms with Crippen molar-refractivity contribution in [1.82, 2.24) is 5.32 Å². The van der Waals surface area contributed by atoms with Gasteiger partial charge >= 0.3 is 12.0 Å². The molecular weight excluding hydrogens is 256 g/mol. The van der Waals surface area contributed by atoms with Crippen molar-refractivity contribution in [2.45, 2.75) is 25.8 Å². The first-order valence-electron chi connectivity index (χ1n) is 5.58. The fraction of sp³-hybridized carbons (Fsp3) is 0.333. The predicted molar refractivity (Wildman–Crippen MR) is 69.9 cm³/mol. The summed E-state index contributed by atoms with van der Waals surface area (Å²) in [6.45, 7) is 1.85. The first kappa shape index (κ1) is 14.3. The average Bonchev–Trinajstić information content (AvgIpc) is 2.28. The topological polar surface area (TPSA) is 78.4 Å². The van der Waals surface area contributed by atoms with Crippen LogP contribution in [0.2, 0.25) is 5.02 Å². The summed E-state index contributed by atoms with van der Waals surface area (Å²) >= 11 is 5.77. The first-order chi connectivity index (χ1) is 8.52. The molecule has 3 N–H and O–H groups in total. The number of carbonyl (C=O) groups is 2. The van der Waals surface area contributed by atoms with Gasteiger partial charge in [0.25, 0.3) is 0 Å². The van der Waals surface area contributed by atoms with Gasteiger partial charge in [-0.25, -0.2) is 9.59 Å². The summed E-state index contributed by atoms with van der Waals surface area (Å²) in [6, 6.07) is 5.19. The minimum Gasteiger partial charge on any atom is -0.480 e. The summed E-state index contributed by atoms with van der Waals surface area (Å²) in [5, 5.41) is 14.3. The normalized spacial score (nSPS) is 11.7. The Balaban J connectivity index is 2.57. The van der Waals surface area contributed by atoms with Crippen LogP contribution in [0.3, 0.4) is 0 Å². The Morgan fingerprint density at radius 1 is 1.44 bits per heavy atom. The fourth-order valence-electron chi connectivity index (χ4n) is 1.44. The number of amides is 2. The number of carboxylic acids is 1. The highest BCUT2D eigenvalue weighted by Gasteiger charge is 2.18. The molecule has 0 heterocycles. The molecule has 0 aliphatic rings. The molecule has 0 spiro atoms. The van der Waals surface area contributed by atoms with E-state index >= 15 is 0 Å². The Kier molecular flexibility index (Phi) is 5.45. The molecule has 0 aliphatic carbocycles. The second-order valence-corrected chi connectivity index (χ2v) is 4.22. The molecule has 0 aliphatic heterocycles. The molecule has 0 fully saturated rings. The van der Waals surface area contributed by atoms with Crippen molar-refractivity contribution >= 4 is 29.3 Å². The summed E-state index contributed by atoms with van der Waals surface area (Å²) in [5.74, 6) is -1.04. The number of benzene rings is 1. The van der Waals surface area contributed by atoms with Crippen molar-refractivity contribution in [2.24, 2.45) is 0 Å². The van der Waals surface area contributed by atoms with Crippen LogP contribution in [-0.4, -0.2) is 23.1 Å². The predicted octanol–water partition coefficient (Wildman–Crippen LogP) is 2.71. The molecule has 1 atom stereocenters. The first-order valence-corrected chi connectivity index (χ1v) is 5.96. The number of nitrogens with one attached hydrogen (secondary N) is 2. The van der Waals surface area contributed by atoms with Gasteiger partial charge in [-0.05, 0) is 24.6 Å². The van der Waals surface area contributed by atoms with Crippen LogP contribution in [0.5, 0.6) is 0 Å². The highest BCUT2D eigenvalue weighted by atomic mass is 35.5. The molecular formula is C12H15ClN2O3. The maximum Gasteiger partial charge on any atom is 0.326 e. The molecule has 1 aromatic carbocycles. The molecule has 18 heavy (non-hydrogen) atoms. The van der Waals surface area contributed by atoms with E-state index in [4.69, 9.17) is 16.7 Å². The molecule has 0 aromatic heterocycles. The van der Waals surface area contributed by atoms with Crippen molar-refractivity contribution in [2.75, 3.05) is 5.32 Å². The number of halogens is 1. The zero-order valence-corrected chi connectivity index (χ0v) is 10.7. The second-order valence-electron chi connectivity index (χ2n) is 3.79. The van der Waals surface area contributed by atoms with Crippen LogP contribution in [0.1, 0.15) is 19.8 Å². The molecule has 1 unspecified atom stereocenters. The third-order valence-corrected chi connectivity index (χ3v) is 2.50. The molecule has 98 valence electrons. The van der Waals surface area contributed by atoms with E-state index in [-0.39, 0.29) is 0 Å². The molecule has 1 aromatic rings. The Bertz CT molecular complexity index is 437. The summed E-state index contributed by atoms with van der Waals surface area (Å²) in [4.78, 5) is 22.5. The van der Waals surface area contributed by atoms with Gasteiger partial charge in [0.15, 0.2) is 0 Å². The maximum absolute atomic E-state index is 11.6. The van der Waals surface area contributed by atoms with Gasteiger partial charge < -0.3 is 15.7 Å². The monoisotopic (exact) mass is 270 g/mol. The quantitative estimate of drug-likeness (QED) is 0.770. The van der Waals surface area contributed by atoms with E-state index in [0.29, 0.717) is 23.6 Å². The van der Waals surface area contributed by atoms with Gasteiger partial charge in [0.05, 0.1) is 0 Å². The SMILES string of the molecule is CCCC(NC(=O)Nc1cccc(Cl)c1)C(=O)O. The number of urea groups is 1. The Labute approximate surface area is 110 Å². The van der Waals surface area contributed by atoms with Crippen LogP contribution in [0.25, 0.3) is 0 Å². The lowest BCUT2D eigenvalue weighted by Gasteiger charge is -2.14. The molecule has 1 rings (SSSR count). The Morgan fingerprint density at radius 3 is 2.72 bits per heavy atom.